The normalized spacial score (nSPS) is 11.5. The van der Waals surface area contributed by atoms with E-state index in [0.717, 1.165) is 27.8 Å². The summed E-state index contributed by atoms with van der Waals surface area (Å²) < 4.78 is 1.33. The Morgan fingerprint density at radius 2 is 2.18 bits per heavy atom. The zero-order valence-electron chi connectivity index (χ0n) is 10.4. The lowest BCUT2D eigenvalue weighted by molar-refractivity contribution is 0.0949. The van der Waals surface area contributed by atoms with Gasteiger partial charge in [-0.05, 0) is 47.8 Å². The summed E-state index contributed by atoms with van der Waals surface area (Å²) in [5, 5.41) is 4.96. The van der Waals surface area contributed by atoms with Crippen LogP contribution in [0, 0.1) is 2.88 Å². The summed E-state index contributed by atoms with van der Waals surface area (Å²) in [6, 6.07) is 1.93. The molecule has 1 heterocycles. The Bertz CT molecular complexity index is 366. The van der Waals surface area contributed by atoms with Crippen molar-refractivity contribution in [2.45, 2.75) is 31.4 Å². The fraction of sp³-hybridized carbons (Fsp3) is 0.583. The van der Waals surface area contributed by atoms with Crippen LogP contribution in [0.25, 0.3) is 0 Å². The van der Waals surface area contributed by atoms with Gasteiger partial charge in [-0.2, -0.15) is 11.8 Å². The first kappa shape index (κ1) is 15.3. The number of carbonyl (C=O) groups is 1. The molecule has 1 aromatic heterocycles. The molecule has 2 nitrogen and oxygen atoms in total. The highest BCUT2D eigenvalue weighted by atomic mass is 127. The Morgan fingerprint density at radius 3 is 2.59 bits per heavy atom. The zero-order chi connectivity index (χ0) is 12.9. The Labute approximate surface area is 125 Å². The first-order valence-corrected chi connectivity index (χ1v) is 8.82. The van der Waals surface area contributed by atoms with Gasteiger partial charge in [0.1, 0.15) is 0 Å². The van der Waals surface area contributed by atoms with E-state index in [2.05, 4.69) is 48.0 Å². The van der Waals surface area contributed by atoms with Gasteiger partial charge < -0.3 is 5.32 Å². The highest BCUT2D eigenvalue weighted by Gasteiger charge is 2.25. The van der Waals surface area contributed by atoms with E-state index in [1.165, 1.54) is 0 Å². The summed E-state index contributed by atoms with van der Waals surface area (Å²) in [5.41, 5.74) is 0.779. The molecule has 0 radical (unpaired) electrons. The highest BCUT2D eigenvalue weighted by molar-refractivity contribution is 14.1. The quantitative estimate of drug-likeness (QED) is 0.753. The molecule has 0 saturated carbocycles. The van der Waals surface area contributed by atoms with E-state index in [-0.39, 0.29) is 10.7 Å². The van der Waals surface area contributed by atoms with Crippen molar-refractivity contribution in [2.24, 2.45) is 0 Å². The number of nitrogens with one attached hydrogen (secondary N) is 1. The van der Waals surface area contributed by atoms with E-state index >= 15 is 0 Å². The minimum atomic E-state index is 0.0458. The standard InChI is InChI=1S/C12H18INOS2/c1-4-12(5-2,16-3)8-14-11(15)9-6-10(13)17-7-9/h6-7H,4-5,8H2,1-3H3,(H,14,15). The van der Waals surface area contributed by atoms with Crippen LogP contribution in [0.3, 0.4) is 0 Å². The lowest BCUT2D eigenvalue weighted by Crippen LogP contribution is -2.39. The van der Waals surface area contributed by atoms with Crippen molar-refractivity contribution in [3.05, 3.63) is 19.9 Å². The number of thiophene rings is 1. The fourth-order valence-electron chi connectivity index (χ4n) is 1.63. The van der Waals surface area contributed by atoms with Gasteiger partial charge in [0.2, 0.25) is 0 Å². The number of rotatable bonds is 6. The van der Waals surface area contributed by atoms with Crippen LogP contribution in [0.1, 0.15) is 37.0 Å². The van der Waals surface area contributed by atoms with Gasteiger partial charge >= 0.3 is 0 Å². The molecule has 0 aromatic carbocycles. The molecule has 1 rings (SSSR count). The second-order valence-electron chi connectivity index (χ2n) is 3.92. The summed E-state index contributed by atoms with van der Waals surface area (Å²) in [6.45, 7) is 5.10. The molecule has 0 saturated heterocycles. The van der Waals surface area contributed by atoms with Crippen molar-refractivity contribution >= 4 is 51.6 Å². The van der Waals surface area contributed by atoms with E-state index in [9.17, 15) is 4.79 Å². The number of amides is 1. The lowest BCUT2D eigenvalue weighted by Gasteiger charge is -2.29. The van der Waals surface area contributed by atoms with Gasteiger partial charge in [0.05, 0.1) is 8.45 Å². The third-order valence-electron chi connectivity index (χ3n) is 3.12. The van der Waals surface area contributed by atoms with Crippen molar-refractivity contribution in [1.82, 2.24) is 5.32 Å². The van der Waals surface area contributed by atoms with Gasteiger partial charge in [-0.3, -0.25) is 4.79 Å². The van der Waals surface area contributed by atoms with Crippen molar-refractivity contribution in [1.29, 1.82) is 0 Å². The maximum Gasteiger partial charge on any atom is 0.252 e. The average molecular weight is 383 g/mol. The van der Waals surface area contributed by atoms with E-state index in [1.807, 2.05) is 23.2 Å². The Kier molecular flexibility index (Phi) is 6.30. The number of thioether (sulfide) groups is 1. The van der Waals surface area contributed by atoms with Gasteiger partial charge in [0.15, 0.2) is 0 Å². The molecule has 5 heteroatoms. The molecule has 0 atom stereocenters. The molecule has 0 aliphatic heterocycles. The highest BCUT2D eigenvalue weighted by Crippen LogP contribution is 2.29. The minimum Gasteiger partial charge on any atom is -0.351 e. The molecule has 96 valence electrons. The van der Waals surface area contributed by atoms with Crippen LogP contribution in [-0.4, -0.2) is 23.5 Å². The first-order chi connectivity index (χ1) is 8.06. The molecule has 1 N–H and O–H groups in total. The summed E-state index contributed by atoms with van der Waals surface area (Å²) in [4.78, 5) is 11.9. The first-order valence-electron chi connectivity index (χ1n) is 5.64. The minimum absolute atomic E-state index is 0.0458. The predicted octanol–water partition coefficient (Wildman–Crippen LogP) is 4.00. The van der Waals surface area contributed by atoms with E-state index in [0.29, 0.717) is 0 Å². The number of carbonyl (C=O) groups excluding carboxylic acids is 1. The van der Waals surface area contributed by atoms with Crippen LogP contribution in [0.2, 0.25) is 0 Å². The van der Waals surface area contributed by atoms with Gasteiger partial charge in [0.25, 0.3) is 5.91 Å². The number of hydrogen-bond acceptors (Lipinski definition) is 3. The molecular weight excluding hydrogens is 365 g/mol. The van der Waals surface area contributed by atoms with Crippen molar-refractivity contribution in [2.75, 3.05) is 12.8 Å². The Morgan fingerprint density at radius 1 is 1.53 bits per heavy atom. The van der Waals surface area contributed by atoms with E-state index in [1.54, 1.807) is 11.3 Å². The molecular formula is C12H18INOS2. The molecule has 0 bridgehead atoms. The molecule has 0 unspecified atom stereocenters. The van der Waals surface area contributed by atoms with Crippen molar-refractivity contribution in [3.63, 3.8) is 0 Å². The lowest BCUT2D eigenvalue weighted by atomic mass is 10.0. The van der Waals surface area contributed by atoms with Crippen LogP contribution in [0.5, 0.6) is 0 Å². The van der Waals surface area contributed by atoms with Crippen LogP contribution in [0.4, 0.5) is 0 Å². The largest absolute Gasteiger partial charge is 0.351 e. The summed E-state index contributed by atoms with van der Waals surface area (Å²) in [5.74, 6) is 0.0458. The molecule has 17 heavy (non-hydrogen) atoms. The molecule has 1 amide bonds. The van der Waals surface area contributed by atoms with Gasteiger partial charge in [-0.15, -0.1) is 11.3 Å². The second-order valence-corrected chi connectivity index (χ2v) is 8.00. The fourth-order valence-corrected chi connectivity index (χ4v) is 3.75. The molecule has 0 spiro atoms. The monoisotopic (exact) mass is 383 g/mol. The van der Waals surface area contributed by atoms with E-state index < -0.39 is 0 Å². The number of hydrogen-bond donors (Lipinski definition) is 1. The molecule has 0 aliphatic carbocycles. The average Bonchev–Trinajstić information content (AvgIpc) is 2.78. The SMILES string of the molecule is CCC(CC)(CNC(=O)c1csc(I)c1)SC. The Hall–Kier alpha value is 0.250. The van der Waals surface area contributed by atoms with Crippen LogP contribution in [-0.2, 0) is 0 Å². The summed E-state index contributed by atoms with van der Waals surface area (Å²) in [7, 11) is 0. The smallest absolute Gasteiger partial charge is 0.252 e. The summed E-state index contributed by atoms with van der Waals surface area (Å²) >= 11 is 5.69. The third-order valence-corrected chi connectivity index (χ3v) is 6.50. The predicted molar refractivity (Wildman–Crippen MR) is 86.2 cm³/mol. The summed E-state index contributed by atoms with van der Waals surface area (Å²) in [6.07, 6.45) is 4.27. The Balaban J connectivity index is 2.58. The van der Waals surface area contributed by atoms with Gasteiger partial charge in [0, 0.05) is 16.7 Å². The second kappa shape index (κ2) is 6.99. The number of halogens is 1. The molecule has 0 aliphatic rings. The zero-order valence-corrected chi connectivity index (χ0v) is 14.2. The van der Waals surface area contributed by atoms with Gasteiger partial charge in [-0.1, -0.05) is 13.8 Å². The topological polar surface area (TPSA) is 29.1 Å². The molecule has 0 fully saturated rings. The van der Waals surface area contributed by atoms with Crippen molar-refractivity contribution < 1.29 is 4.79 Å². The van der Waals surface area contributed by atoms with Crippen molar-refractivity contribution in [3.8, 4) is 0 Å². The van der Waals surface area contributed by atoms with E-state index in [4.69, 9.17) is 0 Å². The van der Waals surface area contributed by atoms with Crippen LogP contribution in [0.15, 0.2) is 11.4 Å². The third kappa shape index (κ3) is 4.13. The van der Waals surface area contributed by atoms with Crippen LogP contribution >= 0.6 is 45.7 Å². The molecule has 1 aromatic rings. The maximum atomic E-state index is 11.9. The van der Waals surface area contributed by atoms with Gasteiger partial charge in [-0.25, -0.2) is 0 Å². The van der Waals surface area contributed by atoms with Crippen LogP contribution < -0.4 is 5.32 Å². The maximum absolute atomic E-state index is 11.9.